The average molecular weight is 257 g/mol. The molecular formula is C13H27N3O2. The number of aliphatic hydroxyl groups excluding tert-OH is 1. The van der Waals surface area contributed by atoms with E-state index in [9.17, 15) is 9.90 Å². The minimum absolute atomic E-state index is 0.00848. The Labute approximate surface area is 110 Å². The summed E-state index contributed by atoms with van der Waals surface area (Å²) in [5.74, 6) is 0.0817. The van der Waals surface area contributed by atoms with Crippen LogP contribution in [0.3, 0.4) is 0 Å². The molecule has 0 aromatic rings. The molecule has 0 radical (unpaired) electrons. The molecule has 1 amide bonds. The van der Waals surface area contributed by atoms with Gasteiger partial charge in [-0.05, 0) is 7.05 Å². The second-order valence-corrected chi connectivity index (χ2v) is 5.63. The Morgan fingerprint density at radius 1 is 1.28 bits per heavy atom. The summed E-state index contributed by atoms with van der Waals surface area (Å²) in [6.45, 7) is 8.93. The van der Waals surface area contributed by atoms with Gasteiger partial charge in [0.05, 0.1) is 6.10 Å². The number of piperazine rings is 1. The first kappa shape index (κ1) is 15.4. The molecule has 0 spiro atoms. The SMILES string of the molecule is CC(C)C(=O)N(C)CC(O)CN1CCN(C)CC1. The van der Waals surface area contributed by atoms with Gasteiger partial charge in [0, 0.05) is 52.2 Å². The summed E-state index contributed by atoms with van der Waals surface area (Å²) in [5, 5.41) is 10.0. The zero-order valence-electron chi connectivity index (χ0n) is 12.1. The van der Waals surface area contributed by atoms with Crippen LogP contribution in [0.4, 0.5) is 0 Å². The number of likely N-dealkylation sites (N-methyl/N-ethyl adjacent to an activating group) is 2. The van der Waals surface area contributed by atoms with Crippen molar-refractivity contribution in [3.05, 3.63) is 0 Å². The lowest BCUT2D eigenvalue weighted by Crippen LogP contribution is -2.49. The number of β-amino-alcohol motifs (C(OH)–C–C–N with tert-alkyl or cyclic N) is 1. The smallest absolute Gasteiger partial charge is 0.224 e. The van der Waals surface area contributed by atoms with Crippen LogP contribution in [-0.2, 0) is 4.79 Å². The van der Waals surface area contributed by atoms with Gasteiger partial charge >= 0.3 is 0 Å². The van der Waals surface area contributed by atoms with Crippen LogP contribution in [0.15, 0.2) is 0 Å². The van der Waals surface area contributed by atoms with E-state index in [4.69, 9.17) is 0 Å². The van der Waals surface area contributed by atoms with Gasteiger partial charge in [0.25, 0.3) is 0 Å². The molecule has 0 saturated carbocycles. The molecule has 106 valence electrons. The largest absolute Gasteiger partial charge is 0.390 e. The molecule has 0 aliphatic carbocycles. The first-order valence-electron chi connectivity index (χ1n) is 6.74. The van der Waals surface area contributed by atoms with E-state index in [0.717, 1.165) is 26.2 Å². The van der Waals surface area contributed by atoms with E-state index in [1.165, 1.54) is 0 Å². The van der Waals surface area contributed by atoms with Gasteiger partial charge in [0.2, 0.25) is 5.91 Å². The third kappa shape index (κ3) is 4.92. The van der Waals surface area contributed by atoms with Crippen LogP contribution in [0, 0.1) is 5.92 Å². The van der Waals surface area contributed by atoms with E-state index in [-0.39, 0.29) is 11.8 Å². The third-order valence-corrected chi connectivity index (χ3v) is 3.42. The van der Waals surface area contributed by atoms with Crippen LogP contribution in [0.5, 0.6) is 0 Å². The van der Waals surface area contributed by atoms with Crippen LogP contribution < -0.4 is 0 Å². The minimum atomic E-state index is -0.457. The molecule has 18 heavy (non-hydrogen) atoms. The maximum absolute atomic E-state index is 11.7. The molecule has 1 rings (SSSR count). The zero-order valence-corrected chi connectivity index (χ0v) is 12.1. The Morgan fingerprint density at radius 3 is 2.33 bits per heavy atom. The summed E-state index contributed by atoms with van der Waals surface area (Å²) in [6.07, 6.45) is -0.457. The molecule has 5 heteroatoms. The van der Waals surface area contributed by atoms with Gasteiger partial charge in [-0.1, -0.05) is 13.8 Å². The van der Waals surface area contributed by atoms with E-state index < -0.39 is 6.10 Å². The van der Waals surface area contributed by atoms with Gasteiger partial charge in [0.1, 0.15) is 0 Å². The molecule has 1 atom stereocenters. The van der Waals surface area contributed by atoms with E-state index in [2.05, 4.69) is 16.8 Å². The highest BCUT2D eigenvalue weighted by atomic mass is 16.3. The van der Waals surface area contributed by atoms with Crippen molar-refractivity contribution in [1.82, 2.24) is 14.7 Å². The lowest BCUT2D eigenvalue weighted by atomic mass is 10.2. The quantitative estimate of drug-likeness (QED) is 0.735. The van der Waals surface area contributed by atoms with E-state index in [1.54, 1.807) is 11.9 Å². The van der Waals surface area contributed by atoms with E-state index in [1.807, 2.05) is 13.8 Å². The lowest BCUT2D eigenvalue weighted by Gasteiger charge is -2.34. The molecule has 0 aromatic heterocycles. The van der Waals surface area contributed by atoms with Gasteiger partial charge in [0.15, 0.2) is 0 Å². The van der Waals surface area contributed by atoms with Crippen molar-refractivity contribution < 1.29 is 9.90 Å². The monoisotopic (exact) mass is 257 g/mol. The van der Waals surface area contributed by atoms with Crippen molar-refractivity contribution in [3.8, 4) is 0 Å². The van der Waals surface area contributed by atoms with Gasteiger partial charge in [-0.15, -0.1) is 0 Å². The number of carbonyl (C=O) groups is 1. The summed E-state index contributed by atoms with van der Waals surface area (Å²) in [7, 11) is 3.87. The zero-order chi connectivity index (χ0) is 13.7. The number of amides is 1. The number of hydrogen-bond donors (Lipinski definition) is 1. The van der Waals surface area contributed by atoms with Crippen molar-refractivity contribution >= 4 is 5.91 Å². The molecule has 1 N–H and O–H groups in total. The molecule has 1 aliphatic rings. The minimum Gasteiger partial charge on any atom is -0.390 e. The van der Waals surface area contributed by atoms with Gasteiger partial charge in [-0.2, -0.15) is 0 Å². The fourth-order valence-electron chi connectivity index (χ4n) is 2.23. The molecule has 1 saturated heterocycles. The second kappa shape index (κ2) is 7.07. The highest BCUT2D eigenvalue weighted by Gasteiger charge is 2.20. The van der Waals surface area contributed by atoms with Crippen molar-refractivity contribution in [2.75, 3.05) is 53.4 Å². The topological polar surface area (TPSA) is 47.0 Å². The van der Waals surface area contributed by atoms with Crippen LogP contribution >= 0.6 is 0 Å². The van der Waals surface area contributed by atoms with Crippen molar-refractivity contribution in [1.29, 1.82) is 0 Å². The van der Waals surface area contributed by atoms with Crippen LogP contribution in [-0.4, -0.2) is 85.2 Å². The summed E-state index contributed by atoms with van der Waals surface area (Å²) in [5.41, 5.74) is 0. The molecule has 5 nitrogen and oxygen atoms in total. The fraction of sp³-hybridized carbons (Fsp3) is 0.923. The maximum Gasteiger partial charge on any atom is 0.224 e. The molecule has 1 aliphatic heterocycles. The molecule has 1 fully saturated rings. The normalized spacial score (nSPS) is 20.1. The van der Waals surface area contributed by atoms with Crippen LogP contribution in [0.1, 0.15) is 13.8 Å². The first-order valence-corrected chi connectivity index (χ1v) is 6.74. The third-order valence-electron chi connectivity index (χ3n) is 3.42. The second-order valence-electron chi connectivity index (χ2n) is 5.63. The highest BCUT2D eigenvalue weighted by Crippen LogP contribution is 2.04. The Kier molecular flexibility index (Phi) is 6.05. The Morgan fingerprint density at radius 2 is 1.83 bits per heavy atom. The van der Waals surface area contributed by atoms with E-state index in [0.29, 0.717) is 13.1 Å². The highest BCUT2D eigenvalue weighted by molar-refractivity contribution is 5.77. The Bertz CT molecular complexity index is 263. The summed E-state index contributed by atoms with van der Waals surface area (Å²) in [4.78, 5) is 17.9. The number of hydrogen-bond acceptors (Lipinski definition) is 4. The average Bonchev–Trinajstić information content (AvgIpc) is 2.30. The first-order chi connectivity index (χ1) is 8.40. The number of nitrogens with zero attached hydrogens (tertiary/aromatic N) is 3. The van der Waals surface area contributed by atoms with Crippen molar-refractivity contribution in [2.24, 2.45) is 5.92 Å². The fourth-order valence-corrected chi connectivity index (χ4v) is 2.23. The van der Waals surface area contributed by atoms with E-state index >= 15 is 0 Å². The summed E-state index contributed by atoms with van der Waals surface area (Å²) >= 11 is 0. The lowest BCUT2D eigenvalue weighted by molar-refractivity contribution is -0.134. The van der Waals surface area contributed by atoms with Gasteiger partial charge in [-0.25, -0.2) is 0 Å². The van der Waals surface area contributed by atoms with Gasteiger partial charge < -0.3 is 14.9 Å². The van der Waals surface area contributed by atoms with Gasteiger partial charge in [-0.3, -0.25) is 9.69 Å². The summed E-state index contributed by atoms with van der Waals surface area (Å²) < 4.78 is 0. The predicted molar refractivity (Wildman–Crippen MR) is 72.4 cm³/mol. The molecule has 1 unspecified atom stereocenters. The number of carbonyl (C=O) groups excluding carboxylic acids is 1. The molecule has 1 heterocycles. The number of aliphatic hydroxyl groups is 1. The Balaban J connectivity index is 2.28. The molecule has 0 aromatic carbocycles. The van der Waals surface area contributed by atoms with Crippen LogP contribution in [0.25, 0.3) is 0 Å². The van der Waals surface area contributed by atoms with Crippen LogP contribution in [0.2, 0.25) is 0 Å². The standard InChI is InChI=1S/C13H27N3O2/c1-11(2)13(18)15(4)9-12(17)10-16-7-5-14(3)6-8-16/h11-12,17H,5-10H2,1-4H3. The van der Waals surface area contributed by atoms with Crippen molar-refractivity contribution in [2.45, 2.75) is 20.0 Å². The Hall–Kier alpha value is -0.650. The summed E-state index contributed by atoms with van der Waals surface area (Å²) in [6, 6.07) is 0. The number of rotatable bonds is 5. The predicted octanol–water partition coefficient (Wildman–Crippen LogP) is -0.291. The van der Waals surface area contributed by atoms with Crippen molar-refractivity contribution in [3.63, 3.8) is 0 Å². The molecular weight excluding hydrogens is 230 g/mol. The maximum atomic E-state index is 11.7. The molecule has 0 bridgehead atoms.